The van der Waals surface area contributed by atoms with Crippen molar-refractivity contribution in [3.05, 3.63) is 120 Å². The fourth-order valence-corrected chi connectivity index (χ4v) is 5.05. The predicted octanol–water partition coefficient (Wildman–Crippen LogP) is 7.72. The molecule has 6 rings (SSSR count). The molecule has 0 aliphatic carbocycles. The minimum Gasteiger partial charge on any atom is -0.370 e. The molecule has 0 bridgehead atoms. The highest BCUT2D eigenvalue weighted by Gasteiger charge is 2.15. The van der Waals surface area contributed by atoms with Crippen molar-refractivity contribution in [1.82, 2.24) is 4.57 Å². The summed E-state index contributed by atoms with van der Waals surface area (Å²) in [6.07, 6.45) is 4.68. The monoisotopic (exact) mass is 426 g/mol. The van der Waals surface area contributed by atoms with Crippen LogP contribution in [-0.2, 0) is 0 Å². The van der Waals surface area contributed by atoms with Gasteiger partial charge >= 0.3 is 0 Å². The highest BCUT2D eigenvalue weighted by Crippen LogP contribution is 2.36. The lowest BCUT2D eigenvalue weighted by molar-refractivity contribution is 1.03. The SMILES string of the molecule is C/C1=C\C(c2ccc3c(c2)c2ccccc2n3-c2ccccc2)=C/CN(C)c2ccccc21. The van der Waals surface area contributed by atoms with E-state index >= 15 is 0 Å². The first-order valence-electron chi connectivity index (χ1n) is 11.5. The second-order valence-corrected chi connectivity index (χ2v) is 8.80. The topological polar surface area (TPSA) is 8.17 Å². The van der Waals surface area contributed by atoms with Crippen molar-refractivity contribution in [2.45, 2.75) is 6.92 Å². The van der Waals surface area contributed by atoms with Crippen molar-refractivity contribution in [1.29, 1.82) is 0 Å². The average molecular weight is 427 g/mol. The fourth-order valence-electron chi connectivity index (χ4n) is 5.05. The fraction of sp³-hybridized carbons (Fsp3) is 0.0968. The molecule has 5 aromatic rings. The van der Waals surface area contributed by atoms with Crippen molar-refractivity contribution in [2.75, 3.05) is 18.5 Å². The lowest BCUT2D eigenvalue weighted by atomic mass is 9.95. The standard InChI is InChI=1S/C31H26N2/c1-22-20-24(18-19-32(2)29-14-8-6-12-26(22)29)23-16-17-31-28(21-23)27-13-7-9-15-30(27)33(31)25-10-4-3-5-11-25/h3-18,20-21H,19H2,1-2H3/b22-20+,24-18+. The molecule has 2 heterocycles. The third-order valence-electron chi connectivity index (χ3n) is 6.72. The van der Waals surface area contributed by atoms with Gasteiger partial charge in [0.05, 0.1) is 11.0 Å². The number of benzene rings is 4. The maximum Gasteiger partial charge on any atom is 0.0541 e. The summed E-state index contributed by atoms with van der Waals surface area (Å²) in [6.45, 7) is 3.09. The second-order valence-electron chi connectivity index (χ2n) is 8.80. The van der Waals surface area contributed by atoms with Crippen molar-refractivity contribution in [2.24, 2.45) is 0 Å². The molecule has 1 aromatic heterocycles. The Bertz CT molecular complexity index is 1550. The Morgan fingerprint density at radius 3 is 2.30 bits per heavy atom. The quantitative estimate of drug-likeness (QED) is 0.280. The molecule has 0 amide bonds. The molecule has 2 nitrogen and oxygen atoms in total. The van der Waals surface area contributed by atoms with E-state index in [4.69, 9.17) is 0 Å². The van der Waals surface area contributed by atoms with Crippen LogP contribution in [0.15, 0.2) is 109 Å². The van der Waals surface area contributed by atoms with Crippen molar-refractivity contribution >= 4 is 38.6 Å². The molecule has 0 radical (unpaired) electrons. The summed E-state index contributed by atoms with van der Waals surface area (Å²) < 4.78 is 2.37. The van der Waals surface area contributed by atoms with E-state index in [0.29, 0.717) is 0 Å². The van der Waals surface area contributed by atoms with Gasteiger partial charge in [-0.05, 0) is 60.0 Å². The van der Waals surface area contributed by atoms with Crippen LogP contribution in [0, 0.1) is 0 Å². The van der Waals surface area contributed by atoms with Gasteiger partial charge in [0, 0.05) is 41.3 Å². The van der Waals surface area contributed by atoms with E-state index in [1.807, 2.05) is 0 Å². The third kappa shape index (κ3) is 3.27. The van der Waals surface area contributed by atoms with Crippen LogP contribution in [0.2, 0.25) is 0 Å². The Morgan fingerprint density at radius 2 is 1.42 bits per heavy atom. The Balaban J connectivity index is 1.55. The van der Waals surface area contributed by atoms with E-state index in [0.717, 1.165) is 6.54 Å². The maximum absolute atomic E-state index is 2.37. The molecule has 0 unspecified atom stereocenters. The van der Waals surface area contributed by atoms with E-state index in [9.17, 15) is 0 Å². The van der Waals surface area contributed by atoms with Crippen molar-refractivity contribution < 1.29 is 0 Å². The Morgan fingerprint density at radius 1 is 0.697 bits per heavy atom. The van der Waals surface area contributed by atoms with Gasteiger partial charge in [0.2, 0.25) is 0 Å². The van der Waals surface area contributed by atoms with Crippen LogP contribution in [0.3, 0.4) is 0 Å². The number of hydrogen-bond donors (Lipinski definition) is 0. The minimum atomic E-state index is 0.875. The first kappa shape index (κ1) is 19.6. The summed E-state index contributed by atoms with van der Waals surface area (Å²) in [5, 5.41) is 2.57. The zero-order chi connectivity index (χ0) is 22.4. The van der Waals surface area contributed by atoms with Gasteiger partial charge in [-0.25, -0.2) is 0 Å². The van der Waals surface area contributed by atoms with Crippen LogP contribution in [0.4, 0.5) is 5.69 Å². The first-order valence-corrected chi connectivity index (χ1v) is 11.5. The Labute approximate surface area is 194 Å². The smallest absolute Gasteiger partial charge is 0.0541 e. The van der Waals surface area contributed by atoms with Gasteiger partial charge in [-0.3, -0.25) is 0 Å². The Kier molecular flexibility index (Phi) is 4.66. The number of allylic oxidation sites excluding steroid dienone is 3. The number of fused-ring (bicyclic) bond motifs is 4. The van der Waals surface area contributed by atoms with E-state index in [1.165, 1.54) is 55.5 Å². The molecular weight excluding hydrogens is 400 g/mol. The van der Waals surface area contributed by atoms with Gasteiger partial charge in [-0.15, -0.1) is 0 Å². The molecule has 160 valence electrons. The predicted molar refractivity (Wildman–Crippen MR) is 142 cm³/mol. The third-order valence-corrected chi connectivity index (χ3v) is 6.72. The molecular formula is C31H26N2. The van der Waals surface area contributed by atoms with Crippen LogP contribution in [0.1, 0.15) is 18.1 Å². The van der Waals surface area contributed by atoms with Crippen LogP contribution in [0.5, 0.6) is 0 Å². The lowest BCUT2D eigenvalue weighted by Gasteiger charge is -2.24. The summed E-state index contributed by atoms with van der Waals surface area (Å²) in [4.78, 5) is 2.33. The van der Waals surface area contributed by atoms with Crippen LogP contribution < -0.4 is 4.90 Å². The van der Waals surface area contributed by atoms with Gasteiger partial charge in [-0.1, -0.05) is 72.8 Å². The van der Waals surface area contributed by atoms with E-state index in [2.05, 4.69) is 133 Å². The van der Waals surface area contributed by atoms with Gasteiger partial charge in [0.15, 0.2) is 0 Å². The lowest BCUT2D eigenvalue weighted by Crippen LogP contribution is -2.19. The normalized spacial score (nSPS) is 17.1. The molecule has 4 aromatic carbocycles. The number of rotatable bonds is 2. The van der Waals surface area contributed by atoms with Gasteiger partial charge < -0.3 is 9.47 Å². The molecule has 0 spiro atoms. The summed E-state index contributed by atoms with van der Waals surface area (Å²) in [7, 11) is 2.17. The van der Waals surface area contributed by atoms with Crippen LogP contribution >= 0.6 is 0 Å². The van der Waals surface area contributed by atoms with Crippen LogP contribution in [0.25, 0.3) is 38.6 Å². The highest BCUT2D eigenvalue weighted by molar-refractivity contribution is 6.10. The molecule has 2 heteroatoms. The number of aromatic nitrogens is 1. The van der Waals surface area contributed by atoms with E-state index < -0.39 is 0 Å². The Hall–Kier alpha value is -4.04. The number of likely N-dealkylation sites (N-methyl/N-ethyl adjacent to an activating group) is 1. The van der Waals surface area contributed by atoms with E-state index in [1.54, 1.807) is 0 Å². The second kappa shape index (κ2) is 7.83. The summed E-state index contributed by atoms with van der Waals surface area (Å²) in [6, 6.07) is 34.9. The molecule has 1 aliphatic rings. The van der Waals surface area contributed by atoms with Crippen LogP contribution in [-0.4, -0.2) is 18.2 Å². The molecule has 1 aliphatic heterocycles. The van der Waals surface area contributed by atoms with Gasteiger partial charge in [0.25, 0.3) is 0 Å². The van der Waals surface area contributed by atoms with Crippen molar-refractivity contribution in [3.63, 3.8) is 0 Å². The average Bonchev–Trinajstić information content (AvgIpc) is 3.19. The zero-order valence-electron chi connectivity index (χ0n) is 19.0. The van der Waals surface area contributed by atoms with Crippen molar-refractivity contribution in [3.8, 4) is 5.69 Å². The molecule has 0 N–H and O–H groups in total. The van der Waals surface area contributed by atoms with Gasteiger partial charge in [0.1, 0.15) is 0 Å². The molecule has 0 saturated heterocycles. The molecule has 0 saturated carbocycles. The zero-order valence-corrected chi connectivity index (χ0v) is 19.0. The summed E-state index contributed by atoms with van der Waals surface area (Å²) >= 11 is 0. The number of anilines is 1. The van der Waals surface area contributed by atoms with E-state index in [-0.39, 0.29) is 0 Å². The summed E-state index contributed by atoms with van der Waals surface area (Å²) in [5.74, 6) is 0. The highest BCUT2D eigenvalue weighted by atomic mass is 15.1. The molecule has 0 atom stereocenters. The number of nitrogens with zero attached hydrogens (tertiary/aromatic N) is 2. The molecule has 33 heavy (non-hydrogen) atoms. The van der Waals surface area contributed by atoms with Gasteiger partial charge in [-0.2, -0.15) is 0 Å². The summed E-state index contributed by atoms with van der Waals surface area (Å²) in [5.41, 5.74) is 10.1. The largest absolute Gasteiger partial charge is 0.370 e. The maximum atomic E-state index is 2.37. The minimum absolute atomic E-state index is 0.875. The molecule has 0 fully saturated rings. The number of hydrogen-bond acceptors (Lipinski definition) is 1. The first-order chi connectivity index (χ1) is 16.2. The number of para-hydroxylation sites is 3.